The fourth-order valence-corrected chi connectivity index (χ4v) is 3.35. The van der Waals surface area contributed by atoms with Crippen molar-refractivity contribution in [3.63, 3.8) is 0 Å². The van der Waals surface area contributed by atoms with E-state index in [0.29, 0.717) is 5.92 Å². The van der Waals surface area contributed by atoms with Crippen LogP contribution in [-0.4, -0.2) is 59.4 Å². The molecule has 2 atom stereocenters. The maximum Gasteiger partial charge on any atom is 0.191 e. The molecule has 0 spiro atoms. The van der Waals surface area contributed by atoms with Crippen molar-refractivity contribution in [2.75, 3.05) is 32.7 Å². The van der Waals surface area contributed by atoms with Gasteiger partial charge in [-0.15, -0.1) is 24.0 Å². The van der Waals surface area contributed by atoms with Crippen LogP contribution in [0.3, 0.4) is 0 Å². The average molecular weight is 476 g/mol. The quantitative estimate of drug-likeness (QED) is 0.249. The third-order valence-corrected chi connectivity index (χ3v) is 4.82. The van der Waals surface area contributed by atoms with Crippen LogP contribution in [-0.2, 0) is 6.54 Å². The molecule has 0 aliphatic carbocycles. The Balaban J connectivity index is 0.00000338. The minimum atomic E-state index is 0. The van der Waals surface area contributed by atoms with Crippen LogP contribution in [0.4, 0.5) is 0 Å². The van der Waals surface area contributed by atoms with Crippen molar-refractivity contribution < 1.29 is 0 Å². The molecule has 0 aromatic carbocycles. The first kappa shape index (κ1) is 23.2. The number of hydrogen-bond acceptors (Lipinski definition) is 3. The summed E-state index contributed by atoms with van der Waals surface area (Å²) in [6.45, 7) is 12.7. The molecule has 0 bridgehead atoms. The highest BCUT2D eigenvalue weighted by Gasteiger charge is 2.17. The Morgan fingerprint density at radius 2 is 2.19 bits per heavy atom. The van der Waals surface area contributed by atoms with Crippen LogP contribution in [0.1, 0.15) is 46.5 Å². The number of piperidine rings is 1. The van der Waals surface area contributed by atoms with E-state index in [1.165, 1.54) is 32.4 Å². The maximum absolute atomic E-state index is 4.73. The van der Waals surface area contributed by atoms with Gasteiger partial charge in [-0.25, -0.2) is 0 Å². The summed E-state index contributed by atoms with van der Waals surface area (Å²) in [6, 6.07) is 2.71. The minimum absolute atomic E-state index is 0. The first-order valence-corrected chi connectivity index (χ1v) is 9.92. The van der Waals surface area contributed by atoms with Crippen LogP contribution in [0.15, 0.2) is 23.5 Å². The van der Waals surface area contributed by atoms with Crippen molar-refractivity contribution in [2.45, 2.75) is 59.0 Å². The van der Waals surface area contributed by atoms with E-state index in [9.17, 15) is 0 Å². The van der Waals surface area contributed by atoms with E-state index in [1.54, 1.807) is 0 Å². The number of hydrogen-bond donors (Lipinski definition) is 2. The lowest BCUT2D eigenvalue weighted by Crippen LogP contribution is -2.41. The molecule has 7 heteroatoms. The van der Waals surface area contributed by atoms with Gasteiger partial charge in [0, 0.05) is 51.2 Å². The van der Waals surface area contributed by atoms with E-state index >= 15 is 0 Å². The van der Waals surface area contributed by atoms with Gasteiger partial charge in [0.15, 0.2) is 5.96 Å². The topological polar surface area (TPSA) is 57.5 Å². The van der Waals surface area contributed by atoms with Crippen molar-refractivity contribution in [1.82, 2.24) is 25.3 Å². The van der Waals surface area contributed by atoms with Crippen LogP contribution >= 0.6 is 24.0 Å². The Bertz CT molecular complexity index is 490. The van der Waals surface area contributed by atoms with Crippen molar-refractivity contribution >= 4 is 29.9 Å². The summed E-state index contributed by atoms with van der Waals surface area (Å²) in [5.74, 6) is 1.39. The lowest BCUT2D eigenvalue weighted by atomic mass is 10.0. The number of halogens is 1. The van der Waals surface area contributed by atoms with Crippen molar-refractivity contribution in [1.29, 1.82) is 0 Å². The fourth-order valence-electron chi connectivity index (χ4n) is 3.35. The van der Waals surface area contributed by atoms with Crippen LogP contribution in [0.25, 0.3) is 0 Å². The largest absolute Gasteiger partial charge is 0.357 e. The Kier molecular flexibility index (Phi) is 11.9. The number of guanidine groups is 1. The number of aromatic nitrogens is 2. The molecule has 1 saturated heterocycles. The van der Waals surface area contributed by atoms with Crippen LogP contribution in [0, 0.1) is 5.92 Å². The predicted octanol–water partition coefficient (Wildman–Crippen LogP) is 2.96. The monoisotopic (exact) mass is 476 g/mol. The second-order valence-corrected chi connectivity index (χ2v) is 7.21. The number of likely N-dealkylation sites (tertiary alicyclic amines) is 1. The number of nitrogens with zero attached hydrogens (tertiary/aromatic N) is 4. The molecule has 6 nitrogen and oxygen atoms in total. The van der Waals surface area contributed by atoms with Gasteiger partial charge >= 0.3 is 0 Å². The Morgan fingerprint density at radius 1 is 1.35 bits per heavy atom. The zero-order valence-electron chi connectivity index (χ0n) is 16.7. The minimum Gasteiger partial charge on any atom is -0.357 e. The standard InChI is InChI=1S/C19H36N6.HI/c1-4-20-19(22-15-17(2)16-25-14-8-11-23-25)21-10-7-13-24-12-6-5-9-18(24)3;/h8,11,14,17-18H,4-7,9-10,12-13,15-16H2,1-3H3,(H2,20,21,22);1H. The van der Waals surface area contributed by atoms with E-state index in [2.05, 4.69) is 41.4 Å². The van der Waals surface area contributed by atoms with Crippen molar-refractivity contribution in [3.8, 4) is 0 Å². The fraction of sp³-hybridized carbons (Fsp3) is 0.789. The van der Waals surface area contributed by atoms with Gasteiger partial charge in [-0.1, -0.05) is 13.3 Å². The van der Waals surface area contributed by atoms with Gasteiger partial charge in [-0.3, -0.25) is 9.67 Å². The highest BCUT2D eigenvalue weighted by atomic mass is 127. The summed E-state index contributed by atoms with van der Waals surface area (Å²) >= 11 is 0. The summed E-state index contributed by atoms with van der Waals surface area (Å²) in [4.78, 5) is 7.36. The van der Waals surface area contributed by atoms with Gasteiger partial charge in [-0.2, -0.15) is 5.10 Å². The average Bonchev–Trinajstić information content (AvgIpc) is 3.10. The summed E-state index contributed by atoms with van der Waals surface area (Å²) in [5.41, 5.74) is 0. The van der Waals surface area contributed by atoms with Crippen LogP contribution in [0.5, 0.6) is 0 Å². The zero-order valence-corrected chi connectivity index (χ0v) is 19.0. The molecule has 2 rings (SSSR count). The smallest absolute Gasteiger partial charge is 0.191 e. The molecule has 26 heavy (non-hydrogen) atoms. The van der Waals surface area contributed by atoms with Gasteiger partial charge in [0.25, 0.3) is 0 Å². The van der Waals surface area contributed by atoms with Crippen molar-refractivity contribution in [2.24, 2.45) is 10.9 Å². The maximum atomic E-state index is 4.73. The van der Waals surface area contributed by atoms with Gasteiger partial charge in [-0.05, 0) is 51.6 Å². The number of nitrogens with one attached hydrogen (secondary N) is 2. The normalized spacial score (nSPS) is 19.7. The van der Waals surface area contributed by atoms with Gasteiger partial charge in [0.2, 0.25) is 0 Å². The molecule has 1 aromatic rings. The predicted molar refractivity (Wildman–Crippen MR) is 120 cm³/mol. The summed E-state index contributed by atoms with van der Waals surface area (Å²) < 4.78 is 1.97. The number of aliphatic imine (C=N–C) groups is 1. The Hall–Kier alpha value is -0.830. The lowest BCUT2D eigenvalue weighted by molar-refractivity contribution is 0.159. The first-order chi connectivity index (χ1) is 12.2. The molecule has 150 valence electrons. The second kappa shape index (κ2) is 13.4. The van der Waals surface area contributed by atoms with Gasteiger partial charge in [0.1, 0.15) is 0 Å². The van der Waals surface area contributed by atoms with Gasteiger partial charge in [0.05, 0.1) is 0 Å². The summed E-state index contributed by atoms with van der Waals surface area (Å²) in [6.07, 6.45) is 9.10. The highest BCUT2D eigenvalue weighted by Crippen LogP contribution is 2.15. The van der Waals surface area contributed by atoms with Crippen LogP contribution in [0.2, 0.25) is 0 Å². The van der Waals surface area contributed by atoms with E-state index in [4.69, 9.17) is 4.99 Å². The van der Waals surface area contributed by atoms with Crippen LogP contribution < -0.4 is 10.6 Å². The van der Waals surface area contributed by atoms with Gasteiger partial charge < -0.3 is 15.5 Å². The summed E-state index contributed by atoms with van der Waals surface area (Å²) in [7, 11) is 0. The molecule has 1 fully saturated rings. The molecule has 2 unspecified atom stereocenters. The Morgan fingerprint density at radius 3 is 2.88 bits per heavy atom. The lowest BCUT2D eigenvalue weighted by Gasteiger charge is -2.33. The third kappa shape index (κ3) is 8.70. The second-order valence-electron chi connectivity index (χ2n) is 7.21. The van der Waals surface area contributed by atoms with E-state index in [1.807, 2.05) is 23.1 Å². The highest BCUT2D eigenvalue weighted by molar-refractivity contribution is 14.0. The molecule has 0 radical (unpaired) electrons. The van der Waals surface area contributed by atoms with E-state index in [0.717, 1.165) is 44.6 Å². The molecule has 1 aliphatic heterocycles. The summed E-state index contributed by atoms with van der Waals surface area (Å²) in [5, 5.41) is 11.1. The molecule has 2 heterocycles. The molecule has 1 aliphatic rings. The zero-order chi connectivity index (χ0) is 17.9. The SMILES string of the molecule is CCNC(=NCC(C)Cn1cccn1)NCCCN1CCCCC1C.I. The van der Waals surface area contributed by atoms with E-state index in [-0.39, 0.29) is 24.0 Å². The first-order valence-electron chi connectivity index (χ1n) is 9.92. The molecule has 0 saturated carbocycles. The molecule has 2 N–H and O–H groups in total. The molecular formula is C19H37IN6. The molecular weight excluding hydrogens is 439 g/mol. The van der Waals surface area contributed by atoms with Crippen molar-refractivity contribution in [3.05, 3.63) is 18.5 Å². The number of rotatable bonds is 9. The third-order valence-electron chi connectivity index (χ3n) is 4.82. The Labute approximate surface area is 176 Å². The molecule has 1 aromatic heterocycles. The molecule has 0 amide bonds. The van der Waals surface area contributed by atoms with E-state index < -0.39 is 0 Å².